The van der Waals surface area contributed by atoms with Gasteiger partial charge in [0.1, 0.15) is 0 Å². The predicted molar refractivity (Wildman–Crippen MR) is 91.6 cm³/mol. The third-order valence-electron chi connectivity index (χ3n) is 3.94. The number of carbonyl (C=O) groups excluding carboxylic acids is 2. The summed E-state index contributed by atoms with van der Waals surface area (Å²) in [6.07, 6.45) is 13.6. The van der Waals surface area contributed by atoms with E-state index >= 15 is 0 Å². The van der Waals surface area contributed by atoms with E-state index in [1.807, 2.05) is 0 Å². The summed E-state index contributed by atoms with van der Waals surface area (Å²) in [5.74, 6) is -0.824. The Morgan fingerprint density at radius 3 is 1.90 bits per heavy atom. The first-order valence-electron chi connectivity index (χ1n) is 8.12. The van der Waals surface area contributed by atoms with Crippen LogP contribution in [0.25, 0.3) is 0 Å². The second-order valence-corrected chi connectivity index (χ2v) is 9.28. The largest absolute Gasteiger partial charge is 0.393 e. The van der Waals surface area contributed by atoms with Crippen molar-refractivity contribution in [3.63, 3.8) is 0 Å². The highest BCUT2D eigenvalue weighted by Crippen LogP contribution is 2.22. The number of ether oxygens (including phenoxy) is 1. The van der Waals surface area contributed by atoms with Crippen LogP contribution < -0.4 is 0 Å². The van der Waals surface area contributed by atoms with Crippen molar-refractivity contribution in [2.75, 3.05) is 0 Å². The maximum Gasteiger partial charge on any atom is 0.317 e. The quantitative estimate of drug-likeness (QED) is 0.180. The molecular weight excluding hydrogens is 400 g/mol. The van der Waals surface area contributed by atoms with Gasteiger partial charge in [-0.2, -0.15) is 0 Å². The Morgan fingerprint density at radius 1 is 0.905 bits per heavy atom. The minimum Gasteiger partial charge on any atom is -0.393 e. The van der Waals surface area contributed by atoms with Crippen LogP contribution in [0, 0.1) is 5.92 Å². The number of hydrogen-bond donors (Lipinski definition) is 0. The molecule has 1 heterocycles. The predicted octanol–water partition coefficient (Wildman–Crippen LogP) is 5.48. The number of rotatable bonds is 12. The second kappa shape index (κ2) is 11.6. The van der Waals surface area contributed by atoms with E-state index < -0.39 is 0 Å². The lowest BCUT2D eigenvalue weighted by molar-refractivity contribution is -0.153. The third-order valence-corrected chi connectivity index (χ3v) is 4.85. The van der Waals surface area contributed by atoms with E-state index in [0.29, 0.717) is 10.2 Å². The van der Waals surface area contributed by atoms with Crippen LogP contribution in [0.5, 0.6) is 0 Å². The van der Waals surface area contributed by atoms with Crippen molar-refractivity contribution in [1.29, 1.82) is 0 Å². The van der Waals surface area contributed by atoms with Crippen molar-refractivity contribution in [1.82, 2.24) is 0 Å². The molecule has 0 saturated carbocycles. The van der Waals surface area contributed by atoms with Gasteiger partial charge in [0.2, 0.25) is 0 Å². The van der Waals surface area contributed by atoms with Gasteiger partial charge in [0.05, 0.1) is 16.1 Å². The maximum absolute atomic E-state index is 11.3. The van der Waals surface area contributed by atoms with Gasteiger partial charge in [0.25, 0.3) is 0 Å². The van der Waals surface area contributed by atoms with E-state index in [9.17, 15) is 9.59 Å². The summed E-state index contributed by atoms with van der Waals surface area (Å²) in [7, 11) is 0. The second-order valence-electron chi connectivity index (χ2n) is 5.84. The summed E-state index contributed by atoms with van der Waals surface area (Å²) in [6, 6.07) is 0. The molecule has 0 spiro atoms. The molecular formula is C16H26Br2O3. The van der Waals surface area contributed by atoms with Crippen molar-refractivity contribution < 1.29 is 14.3 Å². The number of hydrogen-bond acceptors (Lipinski definition) is 3. The van der Waals surface area contributed by atoms with Gasteiger partial charge in [0.15, 0.2) is 0 Å². The Kier molecular flexibility index (Phi) is 10.6. The number of alkyl halides is 2. The van der Waals surface area contributed by atoms with Crippen molar-refractivity contribution in [3.8, 4) is 0 Å². The molecule has 1 unspecified atom stereocenters. The molecule has 0 amide bonds. The van der Waals surface area contributed by atoms with Crippen LogP contribution in [0.3, 0.4) is 0 Å². The minimum atomic E-state index is -0.351. The number of cyclic esters (lactones) is 2. The molecule has 3 nitrogen and oxygen atoms in total. The topological polar surface area (TPSA) is 43.4 Å². The molecule has 122 valence electrons. The Hall–Kier alpha value is 0.1000. The van der Waals surface area contributed by atoms with Crippen LogP contribution >= 0.6 is 31.9 Å². The first kappa shape index (κ1) is 19.1. The van der Waals surface area contributed by atoms with Gasteiger partial charge < -0.3 is 4.74 Å². The normalized spacial score (nSPS) is 18.5. The Bertz CT molecular complexity index is 319. The summed E-state index contributed by atoms with van der Waals surface area (Å²) in [5.41, 5.74) is 0. The fraction of sp³-hybridized carbons (Fsp3) is 0.875. The lowest BCUT2D eigenvalue weighted by Gasteiger charge is -2.05. The molecule has 1 fully saturated rings. The van der Waals surface area contributed by atoms with Crippen LogP contribution in [0.15, 0.2) is 0 Å². The standard InChI is InChI=1S/C16H26Br2O3/c17-14(18)11-9-7-5-3-1-2-4-6-8-10-13-12-15(19)21-16(13)20/h13-14H,1-12H2. The van der Waals surface area contributed by atoms with Gasteiger partial charge in [0, 0.05) is 0 Å². The number of carbonyl (C=O) groups is 2. The molecule has 1 atom stereocenters. The van der Waals surface area contributed by atoms with Crippen molar-refractivity contribution in [2.24, 2.45) is 5.92 Å². The maximum atomic E-state index is 11.3. The summed E-state index contributed by atoms with van der Waals surface area (Å²) < 4.78 is 5.02. The molecule has 1 aliphatic rings. The Labute approximate surface area is 144 Å². The zero-order chi connectivity index (χ0) is 15.5. The van der Waals surface area contributed by atoms with E-state index in [-0.39, 0.29) is 17.9 Å². The highest BCUT2D eigenvalue weighted by atomic mass is 79.9. The zero-order valence-electron chi connectivity index (χ0n) is 12.6. The number of halogens is 2. The van der Waals surface area contributed by atoms with E-state index in [0.717, 1.165) is 19.3 Å². The third kappa shape index (κ3) is 9.67. The number of esters is 2. The molecule has 0 radical (unpaired) electrons. The molecule has 1 saturated heterocycles. The molecule has 0 bridgehead atoms. The summed E-state index contributed by atoms with van der Waals surface area (Å²) in [4.78, 5) is 22.2. The van der Waals surface area contributed by atoms with Crippen LogP contribution in [-0.2, 0) is 14.3 Å². The van der Waals surface area contributed by atoms with Crippen LogP contribution in [-0.4, -0.2) is 15.7 Å². The molecule has 5 heteroatoms. The van der Waals surface area contributed by atoms with Gasteiger partial charge in [-0.25, -0.2) is 0 Å². The molecule has 0 aromatic rings. The highest BCUT2D eigenvalue weighted by Gasteiger charge is 2.32. The molecule has 0 aromatic carbocycles. The Morgan fingerprint density at radius 2 is 1.43 bits per heavy atom. The molecule has 1 rings (SSSR count). The van der Waals surface area contributed by atoms with Gasteiger partial charge in [-0.15, -0.1) is 0 Å². The average Bonchev–Trinajstić information content (AvgIpc) is 2.74. The smallest absolute Gasteiger partial charge is 0.317 e. The average molecular weight is 426 g/mol. The van der Waals surface area contributed by atoms with Crippen molar-refractivity contribution in [2.45, 2.75) is 80.8 Å². The van der Waals surface area contributed by atoms with E-state index in [1.165, 1.54) is 51.4 Å². The molecule has 0 aliphatic carbocycles. The van der Waals surface area contributed by atoms with Crippen molar-refractivity contribution >= 4 is 43.8 Å². The summed E-state index contributed by atoms with van der Waals surface area (Å²) >= 11 is 6.99. The lowest BCUT2D eigenvalue weighted by Crippen LogP contribution is -2.06. The summed E-state index contributed by atoms with van der Waals surface area (Å²) in [6.45, 7) is 0. The van der Waals surface area contributed by atoms with Gasteiger partial charge in [-0.3, -0.25) is 9.59 Å². The first-order valence-corrected chi connectivity index (χ1v) is 9.95. The molecule has 0 N–H and O–H groups in total. The fourth-order valence-electron chi connectivity index (χ4n) is 2.67. The SMILES string of the molecule is O=C1CC(CCCCCCCCCCCC(Br)Br)C(=O)O1. The van der Waals surface area contributed by atoms with Gasteiger partial charge in [-0.05, 0) is 12.8 Å². The minimum absolute atomic E-state index is 0.162. The van der Waals surface area contributed by atoms with E-state index in [4.69, 9.17) is 0 Å². The first-order chi connectivity index (χ1) is 10.1. The highest BCUT2D eigenvalue weighted by molar-refractivity contribution is 9.24. The van der Waals surface area contributed by atoms with Crippen molar-refractivity contribution in [3.05, 3.63) is 0 Å². The van der Waals surface area contributed by atoms with Gasteiger partial charge in [-0.1, -0.05) is 89.6 Å². The monoisotopic (exact) mass is 424 g/mol. The zero-order valence-corrected chi connectivity index (χ0v) is 15.8. The fourth-order valence-corrected chi connectivity index (χ4v) is 3.32. The molecule has 0 aromatic heterocycles. The Balaban J connectivity index is 1.81. The molecule has 1 aliphatic heterocycles. The van der Waals surface area contributed by atoms with Crippen LogP contribution in [0.1, 0.15) is 77.0 Å². The number of unbranched alkanes of at least 4 members (excludes halogenated alkanes) is 8. The van der Waals surface area contributed by atoms with E-state index in [1.54, 1.807) is 0 Å². The van der Waals surface area contributed by atoms with Crippen LogP contribution in [0.2, 0.25) is 0 Å². The van der Waals surface area contributed by atoms with Crippen LogP contribution in [0.4, 0.5) is 0 Å². The molecule has 21 heavy (non-hydrogen) atoms. The lowest BCUT2D eigenvalue weighted by atomic mass is 9.99. The van der Waals surface area contributed by atoms with E-state index in [2.05, 4.69) is 36.6 Å². The van der Waals surface area contributed by atoms with Gasteiger partial charge >= 0.3 is 11.9 Å². The summed E-state index contributed by atoms with van der Waals surface area (Å²) in [5, 5.41) is 0.